The van der Waals surface area contributed by atoms with Gasteiger partial charge in [-0.2, -0.15) is 0 Å². The van der Waals surface area contributed by atoms with Gasteiger partial charge in [-0.3, -0.25) is 4.90 Å². The maximum Gasteiger partial charge on any atom is 0.161 e. The van der Waals surface area contributed by atoms with Crippen LogP contribution < -0.4 is 9.47 Å². The van der Waals surface area contributed by atoms with Crippen LogP contribution in [-0.2, 0) is 6.42 Å². The number of methoxy groups -OCH3 is 1. The van der Waals surface area contributed by atoms with Gasteiger partial charge in [-0.15, -0.1) is 0 Å². The van der Waals surface area contributed by atoms with Crippen molar-refractivity contribution < 1.29 is 9.47 Å². The zero-order valence-corrected chi connectivity index (χ0v) is 16.8. The third kappa shape index (κ3) is 3.72. The summed E-state index contributed by atoms with van der Waals surface area (Å²) in [6, 6.07) is 5.67. The van der Waals surface area contributed by atoms with Gasteiger partial charge >= 0.3 is 0 Å². The number of fused-ring (bicyclic) bond motifs is 3. The Morgan fingerprint density at radius 2 is 1.96 bits per heavy atom. The summed E-state index contributed by atoms with van der Waals surface area (Å²) in [5.41, 5.74) is 2.90. The Labute approximate surface area is 158 Å². The van der Waals surface area contributed by atoms with Gasteiger partial charge in [-0.1, -0.05) is 13.8 Å². The fourth-order valence-corrected chi connectivity index (χ4v) is 4.59. The first-order chi connectivity index (χ1) is 12.5. The average molecular weight is 359 g/mol. The zero-order chi connectivity index (χ0) is 18.3. The molecule has 0 aromatic heterocycles. The Kier molecular flexibility index (Phi) is 5.15. The predicted octanol–water partition coefficient (Wildman–Crippen LogP) is 3.74. The Morgan fingerprint density at radius 3 is 2.65 bits per heavy atom. The highest BCUT2D eigenvalue weighted by Gasteiger charge is 2.37. The molecule has 0 N–H and O–H groups in total. The van der Waals surface area contributed by atoms with E-state index in [1.54, 1.807) is 7.11 Å². The van der Waals surface area contributed by atoms with Crippen molar-refractivity contribution in [3.63, 3.8) is 0 Å². The van der Waals surface area contributed by atoms with Crippen LogP contribution in [0.3, 0.4) is 0 Å². The fourth-order valence-electron chi connectivity index (χ4n) is 4.59. The van der Waals surface area contributed by atoms with Crippen LogP contribution in [-0.4, -0.2) is 56.2 Å². The number of hydrogen-bond acceptors (Lipinski definition) is 4. The molecule has 1 saturated carbocycles. The lowest BCUT2D eigenvalue weighted by atomic mass is 9.88. The number of ether oxygens (including phenoxy) is 2. The Bertz CT molecular complexity index is 641. The topological polar surface area (TPSA) is 24.9 Å². The Hall–Kier alpha value is -1.26. The third-order valence-electron chi connectivity index (χ3n) is 6.34. The molecule has 4 rings (SSSR count). The summed E-state index contributed by atoms with van der Waals surface area (Å²) < 4.78 is 11.8. The SMILES string of the molecule is COc1cc2c(cc1OCC1CC1)CCN1C[C@@H](CC(C)C)N(C)C[C@H]21. The molecule has 0 amide bonds. The van der Waals surface area contributed by atoms with Crippen LogP contribution in [0.15, 0.2) is 12.1 Å². The van der Waals surface area contributed by atoms with Gasteiger partial charge in [0.1, 0.15) is 0 Å². The lowest BCUT2D eigenvalue weighted by Gasteiger charge is -2.48. The molecule has 1 aliphatic carbocycles. The summed E-state index contributed by atoms with van der Waals surface area (Å²) in [7, 11) is 4.06. The zero-order valence-electron chi connectivity index (χ0n) is 16.8. The molecule has 1 aromatic carbocycles. The molecule has 144 valence electrons. The van der Waals surface area contributed by atoms with E-state index in [0.717, 1.165) is 49.5 Å². The van der Waals surface area contributed by atoms with E-state index >= 15 is 0 Å². The van der Waals surface area contributed by atoms with Crippen LogP contribution in [0.2, 0.25) is 0 Å². The summed E-state index contributed by atoms with van der Waals surface area (Å²) >= 11 is 0. The summed E-state index contributed by atoms with van der Waals surface area (Å²) in [5.74, 6) is 3.35. The molecule has 0 radical (unpaired) electrons. The molecule has 4 nitrogen and oxygen atoms in total. The number of benzene rings is 1. The standard InChI is InChI=1S/C22H34N2O2/c1-15(2)9-18-12-24-8-7-17-10-22(26-14-16-5-6-16)21(25-4)11-19(17)20(24)13-23(18)3/h10-11,15-16,18,20H,5-9,12-14H2,1-4H3/t18-,20-/m1/s1. The van der Waals surface area contributed by atoms with Crippen molar-refractivity contribution in [3.05, 3.63) is 23.3 Å². The van der Waals surface area contributed by atoms with Gasteiger partial charge in [0.05, 0.1) is 13.7 Å². The minimum Gasteiger partial charge on any atom is -0.493 e. The second-order valence-corrected chi connectivity index (χ2v) is 8.94. The molecular weight excluding hydrogens is 324 g/mol. The minimum atomic E-state index is 0.485. The molecule has 0 unspecified atom stereocenters. The van der Waals surface area contributed by atoms with Crippen molar-refractivity contribution in [2.75, 3.05) is 40.4 Å². The average Bonchev–Trinajstić information content (AvgIpc) is 3.44. The first-order valence-corrected chi connectivity index (χ1v) is 10.3. The van der Waals surface area contributed by atoms with Crippen molar-refractivity contribution in [1.29, 1.82) is 0 Å². The van der Waals surface area contributed by atoms with Crippen LogP contribution in [0.4, 0.5) is 0 Å². The molecule has 2 heterocycles. The van der Waals surface area contributed by atoms with E-state index in [2.05, 4.69) is 42.8 Å². The van der Waals surface area contributed by atoms with E-state index in [0.29, 0.717) is 12.1 Å². The van der Waals surface area contributed by atoms with Crippen LogP contribution >= 0.6 is 0 Å². The lowest BCUT2D eigenvalue weighted by Crippen LogP contribution is -2.55. The highest BCUT2D eigenvalue weighted by molar-refractivity contribution is 5.49. The first kappa shape index (κ1) is 18.1. The highest BCUT2D eigenvalue weighted by Crippen LogP contribution is 2.41. The second kappa shape index (κ2) is 7.40. The maximum absolute atomic E-state index is 6.09. The number of rotatable bonds is 6. The van der Waals surface area contributed by atoms with Crippen molar-refractivity contribution in [3.8, 4) is 11.5 Å². The number of likely N-dealkylation sites (N-methyl/N-ethyl adjacent to an activating group) is 1. The van der Waals surface area contributed by atoms with Crippen LogP contribution in [0.25, 0.3) is 0 Å². The van der Waals surface area contributed by atoms with Crippen LogP contribution in [0, 0.1) is 11.8 Å². The molecule has 2 atom stereocenters. The Balaban J connectivity index is 1.55. The summed E-state index contributed by atoms with van der Waals surface area (Å²) in [6.45, 7) is 8.95. The lowest BCUT2D eigenvalue weighted by molar-refractivity contribution is 0.0294. The van der Waals surface area contributed by atoms with E-state index in [4.69, 9.17) is 9.47 Å². The summed E-state index contributed by atoms with van der Waals surface area (Å²) in [6.07, 6.45) is 5.03. The highest BCUT2D eigenvalue weighted by atomic mass is 16.5. The maximum atomic E-state index is 6.09. The molecule has 1 saturated heterocycles. The van der Waals surface area contributed by atoms with E-state index in [-0.39, 0.29) is 0 Å². The summed E-state index contributed by atoms with van der Waals surface area (Å²) in [4.78, 5) is 5.26. The van der Waals surface area contributed by atoms with Gasteiger partial charge in [0, 0.05) is 31.7 Å². The number of nitrogens with zero attached hydrogens (tertiary/aromatic N) is 2. The second-order valence-electron chi connectivity index (χ2n) is 8.94. The van der Waals surface area contributed by atoms with Gasteiger partial charge in [0.15, 0.2) is 11.5 Å². The molecule has 2 fully saturated rings. The third-order valence-corrected chi connectivity index (χ3v) is 6.34. The van der Waals surface area contributed by atoms with E-state index < -0.39 is 0 Å². The molecular formula is C22H34N2O2. The van der Waals surface area contributed by atoms with Gasteiger partial charge in [0.2, 0.25) is 0 Å². The first-order valence-electron chi connectivity index (χ1n) is 10.3. The van der Waals surface area contributed by atoms with Crippen molar-refractivity contribution in [2.45, 2.75) is 51.6 Å². The van der Waals surface area contributed by atoms with Crippen molar-refractivity contribution in [1.82, 2.24) is 9.80 Å². The Morgan fingerprint density at radius 1 is 1.15 bits per heavy atom. The molecule has 1 aromatic rings. The number of hydrogen-bond donors (Lipinski definition) is 0. The normalized spacial score (nSPS) is 26.5. The van der Waals surface area contributed by atoms with E-state index in [1.165, 1.54) is 36.9 Å². The van der Waals surface area contributed by atoms with Gasteiger partial charge in [-0.05, 0) is 67.8 Å². The van der Waals surface area contributed by atoms with Crippen molar-refractivity contribution >= 4 is 0 Å². The summed E-state index contributed by atoms with van der Waals surface area (Å²) in [5, 5.41) is 0. The predicted molar refractivity (Wildman–Crippen MR) is 105 cm³/mol. The van der Waals surface area contributed by atoms with E-state index in [1.807, 2.05) is 0 Å². The van der Waals surface area contributed by atoms with Gasteiger partial charge in [0.25, 0.3) is 0 Å². The largest absolute Gasteiger partial charge is 0.493 e. The van der Waals surface area contributed by atoms with Crippen molar-refractivity contribution in [2.24, 2.45) is 11.8 Å². The quantitative estimate of drug-likeness (QED) is 0.773. The number of piperazine rings is 1. The minimum absolute atomic E-state index is 0.485. The molecule has 0 bridgehead atoms. The van der Waals surface area contributed by atoms with Crippen LogP contribution in [0.1, 0.15) is 50.3 Å². The molecule has 2 aliphatic heterocycles. The molecule has 3 aliphatic rings. The van der Waals surface area contributed by atoms with Gasteiger partial charge in [-0.25, -0.2) is 0 Å². The smallest absolute Gasteiger partial charge is 0.161 e. The fraction of sp³-hybridized carbons (Fsp3) is 0.727. The van der Waals surface area contributed by atoms with E-state index in [9.17, 15) is 0 Å². The molecule has 0 spiro atoms. The molecule has 26 heavy (non-hydrogen) atoms. The van der Waals surface area contributed by atoms with Crippen LogP contribution in [0.5, 0.6) is 11.5 Å². The monoisotopic (exact) mass is 358 g/mol. The van der Waals surface area contributed by atoms with Gasteiger partial charge < -0.3 is 14.4 Å². The molecule has 4 heteroatoms.